The zero-order chi connectivity index (χ0) is 23.5. The molecule has 170 valence electrons. The molecule has 0 amide bonds. The molecule has 2 aromatic rings. The van der Waals surface area contributed by atoms with E-state index in [0.717, 1.165) is 11.0 Å². The number of anilines is 1. The maximum absolute atomic E-state index is 14.6. The number of halogens is 6. The first kappa shape index (κ1) is 22.2. The minimum Gasteiger partial charge on any atom is -0.365 e. The van der Waals surface area contributed by atoms with E-state index in [1.165, 1.54) is 24.4 Å². The molecule has 10 heteroatoms. The fraction of sp³-hybridized carbons (Fsp3) is 0.364. The SMILES string of the molecule is C=C1C=c2nc(C)nc(NCc3cccc(C(C)(F)F)c3F)c2=CN1C1(C(F)(F)F)CC1. The van der Waals surface area contributed by atoms with E-state index in [9.17, 15) is 26.3 Å². The van der Waals surface area contributed by atoms with Crippen LogP contribution in [-0.2, 0) is 12.5 Å². The number of aryl methyl sites for hydroxylation is 1. The molecule has 1 saturated carbocycles. The van der Waals surface area contributed by atoms with Crippen molar-refractivity contribution < 1.29 is 26.3 Å². The molecule has 0 saturated heterocycles. The van der Waals surface area contributed by atoms with Crippen LogP contribution in [0.5, 0.6) is 0 Å². The lowest BCUT2D eigenvalue weighted by Gasteiger charge is -2.34. The molecule has 1 N–H and O–H groups in total. The molecular weight excluding hydrogens is 434 g/mol. The molecule has 1 fully saturated rings. The number of allylic oxidation sites excluding steroid dienone is 1. The highest BCUT2D eigenvalue weighted by Gasteiger charge is 2.67. The summed E-state index contributed by atoms with van der Waals surface area (Å²) < 4.78 is 82.9. The van der Waals surface area contributed by atoms with Crippen LogP contribution in [0.15, 0.2) is 30.5 Å². The topological polar surface area (TPSA) is 41.1 Å². The van der Waals surface area contributed by atoms with Crippen molar-refractivity contribution in [2.75, 3.05) is 5.32 Å². The fourth-order valence-corrected chi connectivity index (χ4v) is 3.83. The average molecular weight is 454 g/mol. The highest BCUT2D eigenvalue weighted by Crippen LogP contribution is 2.55. The van der Waals surface area contributed by atoms with E-state index in [-0.39, 0.29) is 41.7 Å². The first-order valence-electron chi connectivity index (χ1n) is 9.86. The number of rotatable bonds is 5. The zero-order valence-electron chi connectivity index (χ0n) is 17.3. The minimum absolute atomic E-state index is 0.0240. The molecule has 2 aliphatic rings. The molecule has 0 unspecified atom stereocenters. The Morgan fingerprint density at radius 1 is 1.16 bits per heavy atom. The molecule has 0 bridgehead atoms. The molecule has 2 heterocycles. The standard InChI is InChI=1S/C22H20F6N4/c1-12-9-17-15(11-32(12)21(7-8-21)22(26,27)28)19(31-13(2)30-17)29-10-14-5-4-6-16(18(14)23)20(3,24)25/h4-6,9,11H,1,7-8,10H2,2-3H3,(H,29,30,31). The summed E-state index contributed by atoms with van der Waals surface area (Å²) in [7, 11) is 0. The molecule has 1 aliphatic carbocycles. The van der Waals surface area contributed by atoms with Crippen LogP contribution in [0, 0.1) is 12.7 Å². The Kier molecular flexibility index (Phi) is 5.02. The van der Waals surface area contributed by atoms with Crippen molar-refractivity contribution in [3.63, 3.8) is 0 Å². The molecular formula is C22H20F6N4. The molecule has 0 radical (unpaired) electrons. The van der Waals surface area contributed by atoms with Crippen LogP contribution in [0.3, 0.4) is 0 Å². The van der Waals surface area contributed by atoms with Crippen LogP contribution < -0.4 is 15.9 Å². The van der Waals surface area contributed by atoms with Gasteiger partial charge in [-0.25, -0.2) is 23.1 Å². The Bertz CT molecular complexity index is 1210. The van der Waals surface area contributed by atoms with Gasteiger partial charge in [0.2, 0.25) is 0 Å². The lowest BCUT2D eigenvalue weighted by molar-refractivity contribution is -0.181. The van der Waals surface area contributed by atoms with Crippen LogP contribution in [0.2, 0.25) is 0 Å². The number of aromatic nitrogens is 2. The summed E-state index contributed by atoms with van der Waals surface area (Å²) in [5.74, 6) is -3.90. The molecule has 32 heavy (non-hydrogen) atoms. The Morgan fingerprint density at radius 2 is 1.84 bits per heavy atom. The van der Waals surface area contributed by atoms with Gasteiger partial charge in [0, 0.05) is 30.9 Å². The predicted octanol–water partition coefficient (Wildman–Crippen LogP) is 4.09. The normalized spacial score (nSPS) is 17.4. The van der Waals surface area contributed by atoms with Crippen LogP contribution in [0.1, 0.15) is 36.7 Å². The highest BCUT2D eigenvalue weighted by atomic mass is 19.4. The highest BCUT2D eigenvalue weighted by molar-refractivity contribution is 5.58. The van der Waals surface area contributed by atoms with Crippen molar-refractivity contribution in [1.82, 2.24) is 14.9 Å². The molecule has 4 rings (SSSR count). The molecule has 1 aromatic carbocycles. The van der Waals surface area contributed by atoms with E-state index in [1.807, 2.05) is 0 Å². The van der Waals surface area contributed by atoms with E-state index in [1.54, 1.807) is 6.92 Å². The largest absolute Gasteiger partial charge is 0.411 e. The Hall–Kier alpha value is -3.04. The van der Waals surface area contributed by atoms with E-state index < -0.39 is 29.0 Å². The van der Waals surface area contributed by atoms with Gasteiger partial charge in [-0.2, -0.15) is 13.2 Å². The predicted molar refractivity (Wildman–Crippen MR) is 107 cm³/mol. The summed E-state index contributed by atoms with van der Waals surface area (Å²) in [6.45, 7) is 5.76. The number of alkyl halides is 5. The number of fused-ring (bicyclic) bond motifs is 1. The molecule has 4 nitrogen and oxygen atoms in total. The van der Waals surface area contributed by atoms with Gasteiger partial charge in [0.25, 0.3) is 5.92 Å². The number of hydrogen-bond acceptors (Lipinski definition) is 4. The summed E-state index contributed by atoms with van der Waals surface area (Å²) >= 11 is 0. The van der Waals surface area contributed by atoms with E-state index >= 15 is 0 Å². The number of benzene rings is 1. The van der Waals surface area contributed by atoms with E-state index in [0.29, 0.717) is 18.1 Å². The lowest BCUT2D eigenvalue weighted by Crippen LogP contribution is -2.49. The van der Waals surface area contributed by atoms with Crippen LogP contribution in [0.4, 0.5) is 32.2 Å². The van der Waals surface area contributed by atoms with Gasteiger partial charge in [-0.15, -0.1) is 0 Å². The van der Waals surface area contributed by atoms with Gasteiger partial charge in [0.05, 0.1) is 16.1 Å². The Morgan fingerprint density at radius 3 is 2.44 bits per heavy atom. The third kappa shape index (κ3) is 3.71. The van der Waals surface area contributed by atoms with Crippen molar-refractivity contribution in [2.24, 2.45) is 0 Å². The second-order valence-electron chi connectivity index (χ2n) is 8.10. The molecule has 0 atom stereocenters. The monoisotopic (exact) mass is 454 g/mol. The third-order valence-electron chi connectivity index (χ3n) is 5.67. The van der Waals surface area contributed by atoms with Gasteiger partial charge in [0.15, 0.2) is 0 Å². The van der Waals surface area contributed by atoms with Gasteiger partial charge >= 0.3 is 6.18 Å². The van der Waals surface area contributed by atoms with Crippen molar-refractivity contribution in [1.29, 1.82) is 0 Å². The second kappa shape index (κ2) is 7.25. The summed E-state index contributed by atoms with van der Waals surface area (Å²) in [4.78, 5) is 9.59. The first-order valence-corrected chi connectivity index (χ1v) is 9.86. The third-order valence-corrected chi connectivity index (χ3v) is 5.67. The van der Waals surface area contributed by atoms with Crippen molar-refractivity contribution in [2.45, 2.75) is 50.9 Å². The zero-order valence-corrected chi connectivity index (χ0v) is 17.3. The van der Waals surface area contributed by atoms with Crippen LogP contribution in [-0.4, -0.2) is 26.6 Å². The van der Waals surface area contributed by atoms with E-state index in [2.05, 4.69) is 21.9 Å². The first-order chi connectivity index (χ1) is 14.8. The van der Waals surface area contributed by atoms with Crippen LogP contribution >= 0.6 is 0 Å². The maximum atomic E-state index is 14.6. The van der Waals surface area contributed by atoms with Gasteiger partial charge in [-0.05, 0) is 25.8 Å². The Labute approximate surface area is 180 Å². The van der Waals surface area contributed by atoms with Crippen molar-refractivity contribution >= 4 is 18.1 Å². The minimum atomic E-state index is -4.45. The van der Waals surface area contributed by atoms with Gasteiger partial charge in [0.1, 0.15) is 23.0 Å². The maximum Gasteiger partial charge on any atom is 0.411 e. The van der Waals surface area contributed by atoms with Gasteiger partial charge in [-0.3, -0.25) is 0 Å². The quantitative estimate of drug-likeness (QED) is 0.692. The fourth-order valence-electron chi connectivity index (χ4n) is 3.83. The van der Waals surface area contributed by atoms with Crippen molar-refractivity contribution in [3.8, 4) is 0 Å². The van der Waals surface area contributed by atoms with E-state index in [4.69, 9.17) is 0 Å². The summed E-state index contributed by atoms with van der Waals surface area (Å²) in [6, 6.07) is 3.68. The second-order valence-corrected chi connectivity index (χ2v) is 8.10. The smallest absolute Gasteiger partial charge is 0.365 e. The number of nitrogens with zero attached hydrogens (tertiary/aromatic N) is 3. The summed E-state index contributed by atoms with van der Waals surface area (Å²) in [5.41, 5.74) is -2.63. The Balaban J connectivity index is 1.73. The number of nitrogens with one attached hydrogen (secondary N) is 1. The number of hydrogen-bond donors (Lipinski definition) is 1. The molecule has 1 aliphatic heterocycles. The average Bonchev–Trinajstić information content (AvgIpc) is 3.47. The lowest BCUT2D eigenvalue weighted by atomic mass is 10.0. The summed E-state index contributed by atoms with van der Waals surface area (Å²) in [6.07, 6.45) is -1.83. The van der Waals surface area contributed by atoms with Gasteiger partial charge < -0.3 is 10.2 Å². The molecule has 1 aromatic heterocycles. The summed E-state index contributed by atoms with van der Waals surface area (Å²) in [5, 5.41) is 3.53. The van der Waals surface area contributed by atoms with Gasteiger partial charge in [-0.1, -0.05) is 24.8 Å². The molecule has 0 spiro atoms. The van der Waals surface area contributed by atoms with Crippen molar-refractivity contribution in [3.05, 3.63) is 63.8 Å². The van der Waals surface area contributed by atoms with Crippen LogP contribution in [0.25, 0.3) is 12.3 Å².